The summed E-state index contributed by atoms with van der Waals surface area (Å²) >= 11 is 1.19. The number of anilines is 1. The van der Waals surface area contributed by atoms with Crippen LogP contribution in [0.1, 0.15) is 60.0 Å². The maximum atomic E-state index is 13.1. The van der Waals surface area contributed by atoms with Crippen LogP contribution in [0.15, 0.2) is 30.3 Å². The summed E-state index contributed by atoms with van der Waals surface area (Å²) in [6, 6.07) is 12.0. The minimum absolute atomic E-state index is 0.0987. The van der Waals surface area contributed by atoms with E-state index < -0.39 is 0 Å². The first kappa shape index (κ1) is 21.6. The van der Waals surface area contributed by atoms with Crippen molar-refractivity contribution in [3.63, 3.8) is 0 Å². The molecule has 148 valence electrons. The summed E-state index contributed by atoms with van der Waals surface area (Å²) in [4.78, 5) is 27.8. The largest absolute Gasteiger partial charge is 0.334 e. The van der Waals surface area contributed by atoms with E-state index in [2.05, 4.69) is 11.4 Å². The summed E-state index contributed by atoms with van der Waals surface area (Å²) in [5.74, 6) is -0.315. The first-order valence-corrected chi connectivity index (χ1v) is 10.5. The molecule has 0 bridgehead atoms. The first-order valence-electron chi connectivity index (χ1n) is 9.64. The van der Waals surface area contributed by atoms with Gasteiger partial charge in [-0.05, 0) is 37.8 Å². The van der Waals surface area contributed by atoms with Crippen LogP contribution in [0.25, 0.3) is 0 Å². The van der Waals surface area contributed by atoms with Crippen LogP contribution in [0, 0.1) is 24.2 Å². The fourth-order valence-corrected chi connectivity index (χ4v) is 4.22. The molecule has 2 amide bonds. The predicted octanol–water partition coefficient (Wildman–Crippen LogP) is 4.97. The summed E-state index contributed by atoms with van der Waals surface area (Å²) < 4.78 is 0. The SMILES string of the molecule is CCC(CC)C(=O)Nc1sc(C(=O)N(CC)Cc2ccccc2)c(C)c1C#N. The van der Waals surface area contributed by atoms with Crippen LogP contribution < -0.4 is 5.32 Å². The van der Waals surface area contributed by atoms with Crippen LogP contribution in [-0.4, -0.2) is 23.3 Å². The molecule has 0 aliphatic carbocycles. The van der Waals surface area contributed by atoms with Gasteiger partial charge in [0.2, 0.25) is 5.91 Å². The molecule has 28 heavy (non-hydrogen) atoms. The topological polar surface area (TPSA) is 73.2 Å². The van der Waals surface area contributed by atoms with Crippen LogP contribution in [0.3, 0.4) is 0 Å². The van der Waals surface area contributed by atoms with Crippen molar-refractivity contribution in [2.75, 3.05) is 11.9 Å². The van der Waals surface area contributed by atoms with Crippen LogP contribution >= 0.6 is 11.3 Å². The summed E-state index contributed by atoms with van der Waals surface area (Å²) in [6.07, 6.45) is 1.47. The third-order valence-corrected chi connectivity index (χ3v) is 6.13. The minimum atomic E-state index is -0.117. The van der Waals surface area contributed by atoms with Crippen LogP contribution in [0.5, 0.6) is 0 Å². The van der Waals surface area contributed by atoms with Crippen molar-refractivity contribution in [2.24, 2.45) is 5.92 Å². The average Bonchev–Trinajstić information content (AvgIpc) is 3.02. The molecular formula is C22H27N3O2S. The van der Waals surface area contributed by atoms with Gasteiger partial charge < -0.3 is 10.2 Å². The number of nitriles is 1. The zero-order chi connectivity index (χ0) is 20.7. The Morgan fingerprint density at radius 2 is 1.82 bits per heavy atom. The Hall–Kier alpha value is -2.65. The Labute approximate surface area is 171 Å². The van der Waals surface area contributed by atoms with E-state index in [1.807, 2.05) is 51.1 Å². The lowest BCUT2D eigenvalue weighted by molar-refractivity contribution is -0.120. The molecule has 2 rings (SSSR count). The Balaban J connectivity index is 2.29. The van der Waals surface area contributed by atoms with Gasteiger partial charge in [0.1, 0.15) is 11.1 Å². The Morgan fingerprint density at radius 3 is 2.36 bits per heavy atom. The number of nitrogens with one attached hydrogen (secondary N) is 1. The quantitative estimate of drug-likeness (QED) is 0.684. The predicted molar refractivity (Wildman–Crippen MR) is 113 cm³/mol. The molecule has 0 aliphatic heterocycles. The van der Waals surface area contributed by atoms with E-state index in [9.17, 15) is 14.9 Å². The highest BCUT2D eigenvalue weighted by molar-refractivity contribution is 7.18. The van der Waals surface area contributed by atoms with Gasteiger partial charge in [-0.15, -0.1) is 11.3 Å². The third-order valence-electron chi connectivity index (χ3n) is 4.93. The molecule has 0 spiro atoms. The van der Waals surface area contributed by atoms with Gasteiger partial charge in [-0.2, -0.15) is 5.26 Å². The summed E-state index contributed by atoms with van der Waals surface area (Å²) in [5, 5.41) is 12.9. The molecule has 1 heterocycles. The van der Waals surface area contributed by atoms with Crippen molar-refractivity contribution >= 4 is 28.2 Å². The summed E-state index contributed by atoms with van der Waals surface area (Å²) in [6.45, 7) is 8.70. The maximum absolute atomic E-state index is 13.1. The molecule has 0 aliphatic rings. The van der Waals surface area contributed by atoms with E-state index in [0.29, 0.717) is 34.1 Å². The second-order valence-corrected chi connectivity index (χ2v) is 7.70. The molecule has 1 N–H and O–H groups in total. The van der Waals surface area contributed by atoms with E-state index in [1.165, 1.54) is 11.3 Å². The Bertz CT molecular complexity index is 864. The van der Waals surface area contributed by atoms with Gasteiger partial charge in [0, 0.05) is 19.0 Å². The van der Waals surface area contributed by atoms with Crippen molar-refractivity contribution in [3.05, 3.63) is 51.9 Å². The fraction of sp³-hybridized carbons (Fsp3) is 0.409. The minimum Gasteiger partial charge on any atom is -0.334 e. The number of hydrogen-bond acceptors (Lipinski definition) is 4. The van der Waals surface area contributed by atoms with Gasteiger partial charge >= 0.3 is 0 Å². The summed E-state index contributed by atoms with van der Waals surface area (Å²) in [7, 11) is 0. The molecule has 1 aromatic carbocycles. The van der Waals surface area contributed by atoms with E-state index >= 15 is 0 Å². The standard InChI is InChI=1S/C22H27N3O2S/c1-5-17(6-2)20(26)24-21-18(13-23)15(4)19(28-21)22(27)25(7-3)14-16-11-9-8-10-12-16/h8-12,17H,5-7,14H2,1-4H3,(H,24,26). The Kier molecular flexibility index (Phi) is 7.77. The number of rotatable bonds is 8. The molecule has 2 aromatic rings. The van der Waals surface area contributed by atoms with Crippen molar-refractivity contribution < 1.29 is 9.59 Å². The number of nitrogens with zero attached hydrogens (tertiary/aromatic N) is 2. The van der Waals surface area contributed by atoms with E-state index in [-0.39, 0.29) is 17.7 Å². The average molecular weight is 398 g/mol. The Morgan fingerprint density at radius 1 is 1.18 bits per heavy atom. The molecule has 6 heteroatoms. The highest BCUT2D eigenvalue weighted by Gasteiger charge is 2.25. The third kappa shape index (κ3) is 4.79. The zero-order valence-electron chi connectivity index (χ0n) is 16.9. The molecule has 0 radical (unpaired) electrons. The molecule has 0 fully saturated rings. The molecule has 0 atom stereocenters. The van der Waals surface area contributed by atoms with Crippen molar-refractivity contribution in [2.45, 2.75) is 47.1 Å². The highest BCUT2D eigenvalue weighted by Crippen LogP contribution is 2.34. The van der Waals surface area contributed by atoms with E-state index in [4.69, 9.17) is 0 Å². The van der Waals surface area contributed by atoms with Crippen molar-refractivity contribution in [1.29, 1.82) is 5.26 Å². The van der Waals surface area contributed by atoms with Gasteiger partial charge in [-0.25, -0.2) is 0 Å². The van der Waals surface area contributed by atoms with Gasteiger partial charge in [-0.3, -0.25) is 9.59 Å². The number of carbonyl (C=O) groups is 2. The number of hydrogen-bond donors (Lipinski definition) is 1. The normalized spacial score (nSPS) is 10.6. The molecule has 1 aromatic heterocycles. The number of thiophene rings is 1. The molecule has 0 saturated carbocycles. The highest BCUT2D eigenvalue weighted by atomic mass is 32.1. The lowest BCUT2D eigenvalue weighted by atomic mass is 10.0. The summed E-state index contributed by atoms with van der Waals surface area (Å²) in [5.41, 5.74) is 2.06. The molecular weight excluding hydrogens is 370 g/mol. The lowest BCUT2D eigenvalue weighted by Gasteiger charge is -2.20. The lowest BCUT2D eigenvalue weighted by Crippen LogP contribution is -2.30. The molecule has 0 saturated heterocycles. The number of amides is 2. The first-order chi connectivity index (χ1) is 13.5. The molecule has 5 nitrogen and oxygen atoms in total. The number of carbonyl (C=O) groups excluding carboxylic acids is 2. The smallest absolute Gasteiger partial charge is 0.264 e. The zero-order valence-corrected chi connectivity index (χ0v) is 17.7. The van der Waals surface area contributed by atoms with Crippen molar-refractivity contribution in [3.8, 4) is 6.07 Å². The second-order valence-electron chi connectivity index (χ2n) is 6.68. The van der Waals surface area contributed by atoms with Crippen molar-refractivity contribution in [1.82, 2.24) is 4.90 Å². The van der Waals surface area contributed by atoms with Gasteiger partial charge in [-0.1, -0.05) is 44.2 Å². The number of benzene rings is 1. The van der Waals surface area contributed by atoms with Crippen LogP contribution in [0.2, 0.25) is 0 Å². The monoisotopic (exact) mass is 397 g/mol. The van der Waals surface area contributed by atoms with Gasteiger partial charge in [0.05, 0.1) is 10.4 Å². The van der Waals surface area contributed by atoms with Gasteiger partial charge in [0.15, 0.2) is 0 Å². The van der Waals surface area contributed by atoms with Crippen LogP contribution in [0.4, 0.5) is 5.00 Å². The van der Waals surface area contributed by atoms with Gasteiger partial charge in [0.25, 0.3) is 5.91 Å². The fourth-order valence-electron chi connectivity index (χ4n) is 3.09. The van der Waals surface area contributed by atoms with E-state index in [1.54, 1.807) is 11.8 Å². The maximum Gasteiger partial charge on any atom is 0.264 e. The van der Waals surface area contributed by atoms with Crippen LogP contribution in [-0.2, 0) is 11.3 Å². The molecule has 0 unspecified atom stereocenters. The second kappa shape index (κ2) is 10.0. The van der Waals surface area contributed by atoms with E-state index in [0.717, 1.165) is 18.4 Å².